The molecular formula is C10H12N4O5. The third-order valence-electron chi connectivity index (χ3n) is 2.10. The Hall–Kier alpha value is -2.68. The Kier molecular flexibility index (Phi) is 4.77. The van der Waals surface area contributed by atoms with Gasteiger partial charge in [-0.15, -0.1) is 0 Å². The van der Waals surface area contributed by atoms with Crippen molar-refractivity contribution in [2.45, 2.75) is 6.54 Å². The number of urea groups is 1. The summed E-state index contributed by atoms with van der Waals surface area (Å²) in [6.07, 6.45) is 0. The van der Waals surface area contributed by atoms with Gasteiger partial charge < -0.3 is 16.2 Å². The number of amides is 3. The van der Waals surface area contributed by atoms with Gasteiger partial charge in [-0.2, -0.15) is 0 Å². The van der Waals surface area contributed by atoms with Crippen LogP contribution < -0.4 is 21.5 Å². The average Bonchev–Trinajstić information content (AvgIpc) is 2.35. The quantitative estimate of drug-likeness (QED) is 0.489. The third kappa shape index (κ3) is 4.24. The van der Waals surface area contributed by atoms with Gasteiger partial charge in [0.05, 0.1) is 4.92 Å². The summed E-state index contributed by atoms with van der Waals surface area (Å²) in [5, 5.41) is 12.4. The fraction of sp³-hybridized carbons (Fsp3) is 0.200. The van der Waals surface area contributed by atoms with Gasteiger partial charge in [0, 0.05) is 24.2 Å². The monoisotopic (exact) mass is 268 g/mol. The van der Waals surface area contributed by atoms with Gasteiger partial charge in [0.1, 0.15) is 5.75 Å². The Morgan fingerprint density at radius 1 is 1.42 bits per heavy atom. The van der Waals surface area contributed by atoms with Gasteiger partial charge in [0.2, 0.25) is 0 Å². The second kappa shape index (κ2) is 6.31. The fourth-order valence-corrected chi connectivity index (χ4v) is 1.30. The molecule has 3 amide bonds. The molecule has 0 saturated heterocycles. The topological polar surface area (TPSA) is 151 Å². The van der Waals surface area contributed by atoms with Crippen LogP contribution >= 0.6 is 0 Å². The number of nitro benzene ring substituents is 1. The van der Waals surface area contributed by atoms with Crippen LogP contribution in [0.4, 0.5) is 10.5 Å². The first kappa shape index (κ1) is 14.4. The van der Waals surface area contributed by atoms with Crippen LogP contribution in [0.1, 0.15) is 5.56 Å². The maximum atomic E-state index is 11.1. The van der Waals surface area contributed by atoms with Gasteiger partial charge >= 0.3 is 6.03 Å². The van der Waals surface area contributed by atoms with Crippen molar-refractivity contribution < 1.29 is 19.2 Å². The van der Waals surface area contributed by atoms with Crippen LogP contribution in [0, 0.1) is 10.1 Å². The highest BCUT2D eigenvalue weighted by Crippen LogP contribution is 2.23. The number of carbonyl (C=O) groups is 2. The molecule has 0 saturated carbocycles. The van der Waals surface area contributed by atoms with E-state index < -0.39 is 23.5 Å². The van der Waals surface area contributed by atoms with E-state index in [4.69, 9.17) is 16.2 Å². The molecule has 0 aliphatic rings. The summed E-state index contributed by atoms with van der Waals surface area (Å²) in [6, 6.07) is 2.82. The molecule has 19 heavy (non-hydrogen) atoms. The molecule has 9 nitrogen and oxygen atoms in total. The second-order valence-electron chi connectivity index (χ2n) is 3.45. The van der Waals surface area contributed by atoms with Crippen LogP contribution in [-0.2, 0) is 11.3 Å². The number of primary amides is 1. The van der Waals surface area contributed by atoms with Gasteiger partial charge in [-0.1, -0.05) is 0 Å². The Morgan fingerprint density at radius 2 is 2.11 bits per heavy atom. The minimum Gasteiger partial charge on any atom is -0.483 e. The number of nitrogens with one attached hydrogen (secondary N) is 1. The number of carbonyl (C=O) groups excluding carboxylic acids is 2. The first-order chi connectivity index (χ1) is 8.93. The molecule has 1 rings (SSSR count). The van der Waals surface area contributed by atoms with Gasteiger partial charge in [0.25, 0.3) is 11.6 Å². The number of non-ortho nitro benzene ring substituents is 1. The molecule has 1 aromatic carbocycles. The van der Waals surface area contributed by atoms with Crippen LogP contribution in [0.25, 0.3) is 0 Å². The molecule has 0 fully saturated rings. The molecule has 0 unspecified atom stereocenters. The second-order valence-corrected chi connectivity index (χ2v) is 3.45. The van der Waals surface area contributed by atoms with E-state index in [1.807, 2.05) is 5.32 Å². The molecule has 0 aliphatic heterocycles. The minimum atomic E-state index is -0.989. The molecule has 102 valence electrons. The first-order valence-corrected chi connectivity index (χ1v) is 5.13. The molecule has 0 spiro atoms. The first-order valence-electron chi connectivity index (χ1n) is 5.13. The summed E-state index contributed by atoms with van der Waals surface area (Å²) in [4.78, 5) is 31.5. The number of rotatable bonds is 5. The van der Waals surface area contributed by atoms with E-state index in [0.29, 0.717) is 5.56 Å². The Morgan fingerprint density at radius 3 is 2.63 bits per heavy atom. The van der Waals surface area contributed by atoms with Crippen molar-refractivity contribution in [3.63, 3.8) is 0 Å². The lowest BCUT2D eigenvalue weighted by molar-refractivity contribution is -0.384. The number of nitrogens with zero attached hydrogens (tertiary/aromatic N) is 1. The van der Waals surface area contributed by atoms with E-state index in [1.54, 1.807) is 0 Å². The van der Waals surface area contributed by atoms with E-state index in [1.165, 1.54) is 18.2 Å². The number of hydrogen-bond donors (Lipinski definition) is 3. The van der Waals surface area contributed by atoms with Crippen molar-refractivity contribution in [1.82, 2.24) is 5.32 Å². The highest BCUT2D eigenvalue weighted by atomic mass is 16.6. The normalized spacial score (nSPS) is 9.74. The standard InChI is InChI=1S/C10H12N4O5/c11-4-6-3-7(14(17)18)1-2-8(6)19-5-9(15)13-10(12)16/h1-3H,4-5,11H2,(H3,12,13,15,16). The number of benzene rings is 1. The van der Waals surface area contributed by atoms with Crippen LogP contribution in [0.5, 0.6) is 5.75 Å². The van der Waals surface area contributed by atoms with E-state index >= 15 is 0 Å². The summed E-state index contributed by atoms with van der Waals surface area (Å²) in [5.41, 5.74) is 10.4. The SMILES string of the molecule is NCc1cc([N+](=O)[O-])ccc1OCC(=O)NC(N)=O. The summed E-state index contributed by atoms with van der Waals surface area (Å²) < 4.78 is 5.10. The zero-order valence-electron chi connectivity index (χ0n) is 9.79. The molecule has 0 radical (unpaired) electrons. The summed E-state index contributed by atoms with van der Waals surface area (Å²) >= 11 is 0. The molecule has 9 heteroatoms. The van der Waals surface area contributed by atoms with Crippen LogP contribution in [0.3, 0.4) is 0 Å². The van der Waals surface area contributed by atoms with Crippen molar-refractivity contribution in [3.05, 3.63) is 33.9 Å². The van der Waals surface area contributed by atoms with Crippen LogP contribution in [0.2, 0.25) is 0 Å². The zero-order chi connectivity index (χ0) is 14.4. The van der Waals surface area contributed by atoms with Crippen LogP contribution in [0.15, 0.2) is 18.2 Å². The average molecular weight is 268 g/mol. The van der Waals surface area contributed by atoms with E-state index in [-0.39, 0.29) is 18.0 Å². The summed E-state index contributed by atoms with van der Waals surface area (Å²) in [7, 11) is 0. The zero-order valence-corrected chi connectivity index (χ0v) is 9.79. The number of hydrogen-bond acceptors (Lipinski definition) is 6. The van der Waals surface area contributed by atoms with Crippen molar-refractivity contribution in [3.8, 4) is 5.75 Å². The van der Waals surface area contributed by atoms with Crippen molar-refractivity contribution >= 4 is 17.6 Å². The largest absolute Gasteiger partial charge is 0.483 e. The lowest BCUT2D eigenvalue weighted by Gasteiger charge is -2.09. The van der Waals surface area contributed by atoms with Crippen LogP contribution in [-0.4, -0.2) is 23.5 Å². The van der Waals surface area contributed by atoms with E-state index in [0.717, 1.165) is 0 Å². The molecule has 0 heterocycles. The molecule has 0 bridgehead atoms. The molecular weight excluding hydrogens is 256 g/mol. The maximum absolute atomic E-state index is 11.1. The number of ether oxygens (including phenoxy) is 1. The van der Waals surface area contributed by atoms with E-state index in [2.05, 4.69) is 0 Å². The van der Waals surface area contributed by atoms with Gasteiger partial charge in [-0.3, -0.25) is 20.2 Å². The molecule has 0 atom stereocenters. The van der Waals surface area contributed by atoms with Crippen molar-refractivity contribution in [2.24, 2.45) is 11.5 Å². The lowest BCUT2D eigenvalue weighted by Crippen LogP contribution is -2.38. The highest BCUT2D eigenvalue weighted by molar-refractivity contribution is 5.94. The predicted octanol–water partition coefficient (Wildman–Crippen LogP) is -0.373. The van der Waals surface area contributed by atoms with Gasteiger partial charge in [-0.05, 0) is 6.07 Å². The maximum Gasteiger partial charge on any atom is 0.318 e. The molecule has 5 N–H and O–H groups in total. The van der Waals surface area contributed by atoms with Gasteiger partial charge in [-0.25, -0.2) is 4.79 Å². The van der Waals surface area contributed by atoms with Crippen molar-refractivity contribution in [1.29, 1.82) is 0 Å². The minimum absolute atomic E-state index is 0.00838. The number of imide groups is 1. The molecule has 0 aliphatic carbocycles. The lowest BCUT2D eigenvalue weighted by atomic mass is 10.2. The fourth-order valence-electron chi connectivity index (χ4n) is 1.30. The van der Waals surface area contributed by atoms with Gasteiger partial charge in [0.15, 0.2) is 6.61 Å². The third-order valence-corrected chi connectivity index (χ3v) is 2.10. The smallest absolute Gasteiger partial charge is 0.318 e. The number of nitrogens with two attached hydrogens (primary N) is 2. The Labute approximate surface area is 107 Å². The van der Waals surface area contributed by atoms with Crippen molar-refractivity contribution in [2.75, 3.05) is 6.61 Å². The summed E-state index contributed by atoms with van der Waals surface area (Å²) in [6.45, 7) is -0.442. The predicted molar refractivity (Wildman–Crippen MR) is 64.2 cm³/mol. The summed E-state index contributed by atoms with van der Waals surface area (Å²) in [5.74, 6) is -0.499. The molecule has 1 aromatic rings. The van der Waals surface area contributed by atoms with E-state index in [9.17, 15) is 19.7 Å². The molecule has 0 aromatic heterocycles. The highest BCUT2D eigenvalue weighted by Gasteiger charge is 2.12. The number of nitro groups is 1. The Bertz CT molecular complexity index is 517. The Balaban J connectivity index is 2.75.